The molecule has 9 heteroatoms. The first-order chi connectivity index (χ1) is 11.5. The molecule has 1 amide bonds. The molecule has 1 aliphatic heterocycles. The van der Waals surface area contributed by atoms with Gasteiger partial charge in [-0.25, -0.2) is 4.98 Å². The van der Waals surface area contributed by atoms with Crippen LogP contribution in [-0.2, 0) is 0 Å². The Hall–Kier alpha value is -2.97. The van der Waals surface area contributed by atoms with E-state index in [2.05, 4.69) is 9.97 Å². The van der Waals surface area contributed by atoms with E-state index in [9.17, 15) is 14.9 Å². The molecule has 0 aliphatic carbocycles. The molecular formula is C15H16N4O5. The molecule has 0 unspecified atom stereocenters. The molecule has 0 radical (unpaired) electrons. The van der Waals surface area contributed by atoms with Crippen LogP contribution in [0.25, 0.3) is 0 Å². The minimum Gasteiger partial charge on any atom is -0.474 e. The normalized spacial score (nSPS) is 15.3. The molecular weight excluding hydrogens is 316 g/mol. The van der Waals surface area contributed by atoms with E-state index in [-0.39, 0.29) is 17.8 Å². The minimum atomic E-state index is -0.666. The van der Waals surface area contributed by atoms with Crippen LogP contribution >= 0.6 is 0 Å². The van der Waals surface area contributed by atoms with Crippen LogP contribution in [-0.4, -0.2) is 44.9 Å². The van der Waals surface area contributed by atoms with Crippen LogP contribution in [0.2, 0.25) is 0 Å². The maximum Gasteiger partial charge on any atom is 0.433 e. The largest absolute Gasteiger partial charge is 0.474 e. The number of likely N-dealkylation sites (tertiary alicyclic amines) is 1. The van der Waals surface area contributed by atoms with Crippen LogP contribution in [0.4, 0.5) is 5.88 Å². The Balaban J connectivity index is 1.56. The monoisotopic (exact) mass is 332 g/mol. The highest BCUT2D eigenvalue weighted by Gasteiger charge is 2.27. The lowest BCUT2D eigenvalue weighted by molar-refractivity contribution is -0.402. The van der Waals surface area contributed by atoms with Crippen LogP contribution in [0.1, 0.15) is 29.2 Å². The number of hydrogen-bond donors (Lipinski definition) is 0. The Bertz CT molecular complexity index is 752. The van der Waals surface area contributed by atoms with E-state index < -0.39 is 10.8 Å². The van der Waals surface area contributed by atoms with Gasteiger partial charge < -0.3 is 14.1 Å². The van der Waals surface area contributed by atoms with Gasteiger partial charge in [-0.3, -0.25) is 14.9 Å². The van der Waals surface area contributed by atoms with E-state index in [0.717, 1.165) is 0 Å². The fourth-order valence-electron chi connectivity index (χ4n) is 2.54. The van der Waals surface area contributed by atoms with Crippen molar-refractivity contribution in [3.63, 3.8) is 0 Å². The summed E-state index contributed by atoms with van der Waals surface area (Å²) < 4.78 is 10.8. The van der Waals surface area contributed by atoms with Gasteiger partial charge in [-0.15, -0.1) is 0 Å². The molecule has 2 aromatic rings. The summed E-state index contributed by atoms with van der Waals surface area (Å²) in [6.45, 7) is 2.76. The number of aryl methyl sites for hydroxylation is 1. The molecule has 3 heterocycles. The van der Waals surface area contributed by atoms with Gasteiger partial charge >= 0.3 is 5.88 Å². The zero-order chi connectivity index (χ0) is 17.1. The van der Waals surface area contributed by atoms with Crippen LogP contribution in [0, 0.1) is 17.0 Å². The first-order valence-electron chi connectivity index (χ1n) is 7.53. The van der Waals surface area contributed by atoms with E-state index in [4.69, 9.17) is 9.15 Å². The summed E-state index contributed by atoms with van der Waals surface area (Å²) in [5.41, 5.74) is 0. The number of carbonyl (C=O) groups is 1. The predicted octanol–water partition coefficient (Wildman–Crippen LogP) is 1.97. The van der Waals surface area contributed by atoms with Crippen LogP contribution in [0.3, 0.4) is 0 Å². The van der Waals surface area contributed by atoms with Crippen molar-refractivity contribution in [1.82, 2.24) is 14.9 Å². The highest BCUT2D eigenvalue weighted by atomic mass is 16.6. The molecule has 1 aliphatic rings. The van der Waals surface area contributed by atoms with Gasteiger partial charge in [-0.2, -0.15) is 4.98 Å². The van der Waals surface area contributed by atoms with Gasteiger partial charge in [-0.05, 0) is 13.0 Å². The average Bonchev–Trinajstić information content (AvgIpc) is 3.05. The quantitative estimate of drug-likeness (QED) is 0.621. The second-order valence-electron chi connectivity index (χ2n) is 5.45. The van der Waals surface area contributed by atoms with Gasteiger partial charge in [0.25, 0.3) is 5.91 Å². The van der Waals surface area contributed by atoms with Gasteiger partial charge in [-0.1, -0.05) is 0 Å². The number of carbonyl (C=O) groups excluding carboxylic acids is 1. The smallest absolute Gasteiger partial charge is 0.433 e. The molecule has 126 valence electrons. The number of piperidine rings is 1. The molecule has 3 rings (SSSR count). The molecule has 0 bridgehead atoms. The second-order valence-corrected chi connectivity index (χ2v) is 5.45. The fourth-order valence-corrected chi connectivity index (χ4v) is 2.54. The third-order valence-electron chi connectivity index (χ3n) is 3.75. The van der Waals surface area contributed by atoms with Crippen LogP contribution in [0.15, 0.2) is 28.8 Å². The van der Waals surface area contributed by atoms with E-state index in [1.165, 1.54) is 12.1 Å². The van der Waals surface area contributed by atoms with Crippen molar-refractivity contribution >= 4 is 11.8 Å². The van der Waals surface area contributed by atoms with Crippen molar-refractivity contribution in [3.05, 3.63) is 46.1 Å². The number of ether oxygens (including phenoxy) is 1. The Kier molecular flexibility index (Phi) is 4.41. The topological polar surface area (TPSA) is 112 Å². The molecule has 24 heavy (non-hydrogen) atoms. The van der Waals surface area contributed by atoms with Gasteiger partial charge in [0.1, 0.15) is 16.9 Å². The highest BCUT2D eigenvalue weighted by molar-refractivity contribution is 5.91. The lowest BCUT2D eigenvalue weighted by atomic mass is 10.1. The summed E-state index contributed by atoms with van der Waals surface area (Å²) in [6.07, 6.45) is 2.91. The predicted molar refractivity (Wildman–Crippen MR) is 81.7 cm³/mol. The maximum atomic E-state index is 12.3. The highest BCUT2D eigenvalue weighted by Crippen LogP contribution is 2.21. The van der Waals surface area contributed by atoms with Gasteiger partial charge in [0.2, 0.25) is 5.88 Å². The third-order valence-corrected chi connectivity index (χ3v) is 3.75. The zero-order valence-electron chi connectivity index (χ0n) is 13.0. The molecule has 0 spiro atoms. The number of aromatic nitrogens is 2. The number of hydrogen-bond acceptors (Lipinski definition) is 7. The summed E-state index contributed by atoms with van der Waals surface area (Å²) in [5.74, 6) is 0.357. The Morgan fingerprint density at radius 1 is 1.38 bits per heavy atom. The SMILES string of the molecule is Cc1nccc(OC2CCN(C(=O)c3ccc([N+](=O)[O-])o3)CC2)n1. The van der Waals surface area contributed by atoms with Crippen molar-refractivity contribution in [2.75, 3.05) is 13.1 Å². The standard InChI is InChI=1S/C15H16N4O5/c1-10-16-7-4-13(17-10)23-11-5-8-18(9-6-11)15(20)12-2-3-14(24-12)19(21)22/h2-4,7,11H,5-6,8-9H2,1H3. The molecule has 9 nitrogen and oxygen atoms in total. The van der Waals surface area contributed by atoms with Crippen molar-refractivity contribution in [2.45, 2.75) is 25.9 Å². The lowest BCUT2D eigenvalue weighted by Crippen LogP contribution is -2.41. The van der Waals surface area contributed by atoms with E-state index in [0.29, 0.717) is 37.6 Å². The summed E-state index contributed by atoms with van der Waals surface area (Å²) in [5, 5.41) is 10.6. The Morgan fingerprint density at radius 2 is 2.12 bits per heavy atom. The number of nitrogens with zero attached hydrogens (tertiary/aromatic N) is 4. The van der Waals surface area contributed by atoms with Crippen molar-refractivity contribution < 1.29 is 18.9 Å². The van der Waals surface area contributed by atoms with Crippen LogP contribution < -0.4 is 4.74 Å². The number of amides is 1. The Labute approximate surface area is 137 Å². The molecule has 0 N–H and O–H groups in total. The summed E-state index contributed by atoms with van der Waals surface area (Å²) in [4.78, 5) is 32.1. The number of rotatable bonds is 4. The molecule has 1 fully saturated rings. The summed E-state index contributed by atoms with van der Waals surface area (Å²) in [6, 6.07) is 4.21. The zero-order valence-corrected chi connectivity index (χ0v) is 13.0. The lowest BCUT2D eigenvalue weighted by Gasteiger charge is -2.31. The summed E-state index contributed by atoms with van der Waals surface area (Å²) >= 11 is 0. The van der Waals surface area contributed by atoms with Crippen LogP contribution in [0.5, 0.6) is 5.88 Å². The van der Waals surface area contributed by atoms with Gasteiger partial charge in [0, 0.05) is 38.2 Å². The minimum absolute atomic E-state index is 0.0208. The summed E-state index contributed by atoms with van der Waals surface area (Å²) in [7, 11) is 0. The molecule has 2 aromatic heterocycles. The average molecular weight is 332 g/mol. The van der Waals surface area contributed by atoms with Gasteiger partial charge in [0.05, 0.1) is 6.07 Å². The van der Waals surface area contributed by atoms with Crippen molar-refractivity contribution in [3.8, 4) is 5.88 Å². The van der Waals surface area contributed by atoms with E-state index in [1.54, 1.807) is 24.1 Å². The third kappa shape index (κ3) is 3.50. The second kappa shape index (κ2) is 6.65. The van der Waals surface area contributed by atoms with Gasteiger partial charge in [0.15, 0.2) is 5.76 Å². The first kappa shape index (κ1) is 15.9. The maximum absolute atomic E-state index is 12.3. The van der Waals surface area contributed by atoms with E-state index >= 15 is 0 Å². The Morgan fingerprint density at radius 3 is 2.75 bits per heavy atom. The molecule has 1 saturated heterocycles. The van der Waals surface area contributed by atoms with E-state index in [1.807, 2.05) is 0 Å². The molecule has 0 aromatic carbocycles. The molecule has 0 atom stereocenters. The number of furan rings is 1. The number of nitro groups is 1. The van der Waals surface area contributed by atoms with Crippen molar-refractivity contribution in [2.24, 2.45) is 0 Å². The fraction of sp³-hybridized carbons (Fsp3) is 0.400. The molecule has 0 saturated carbocycles. The van der Waals surface area contributed by atoms with Crippen molar-refractivity contribution in [1.29, 1.82) is 0 Å². The first-order valence-corrected chi connectivity index (χ1v) is 7.53.